The summed E-state index contributed by atoms with van der Waals surface area (Å²) < 4.78 is 36.8. The third-order valence-corrected chi connectivity index (χ3v) is 2.29. The van der Waals surface area contributed by atoms with Crippen molar-refractivity contribution in [3.8, 4) is 0 Å². The van der Waals surface area contributed by atoms with Crippen LogP contribution in [0.4, 0.5) is 13.2 Å². The van der Waals surface area contributed by atoms with E-state index < -0.39 is 18.1 Å². The van der Waals surface area contributed by atoms with E-state index >= 15 is 0 Å². The van der Waals surface area contributed by atoms with Crippen molar-refractivity contribution in [2.24, 2.45) is 0 Å². The van der Waals surface area contributed by atoms with Gasteiger partial charge in [0, 0.05) is 6.54 Å². The molecular weight excluding hydrogens is 207 g/mol. The van der Waals surface area contributed by atoms with Crippen molar-refractivity contribution in [3.05, 3.63) is 0 Å². The Kier molecular flexibility index (Phi) is 3.05. The molecule has 0 aromatic rings. The third kappa shape index (κ3) is 2.27. The Morgan fingerprint density at radius 1 is 1.54 bits per heavy atom. The van der Waals surface area contributed by atoms with Gasteiger partial charge in [-0.2, -0.15) is 13.2 Å². The molecular formula is C7H9ClF3NO. The molecule has 1 rings (SSSR count). The van der Waals surface area contributed by atoms with Crippen LogP contribution in [0.25, 0.3) is 0 Å². The molecule has 1 atom stereocenters. The third-order valence-electron chi connectivity index (χ3n) is 2.07. The zero-order valence-corrected chi connectivity index (χ0v) is 7.53. The summed E-state index contributed by atoms with van der Waals surface area (Å²) in [6, 6.07) is -1.63. The smallest absolute Gasteiger partial charge is 0.330 e. The number of carbonyl (C=O) groups is 1. The summed E-state index contributed by atoms with van der Waals surface area (Å²) in [6.07, 6.45) is -3.93. The highest BCUT2D eigenvalue weighted by molar-refractivity contribution is 6.27. The molecule has 2 nitrogen and oxygen atoms in total. The number of carbonyl (C=O) groups excluding carboxylic acids is 1. The molecule has 13 heavy (non-hydrogen) atoms. The molecule has 1 amide bonds. The topological polar surface area (TPSA) is 20.3 Å². The Morgan fingerprint density at radius 2 is 2.15 bits per heavy atom. The van der Waals surface area contributed by atoms with Crippen molar-refractivity contribution in [2.75, 3.05) is 12.4 Å². The average Bonchev–Trinajstić information content (AvgIpc) is 2.49. The van der Waals surface area contributed by atoms with Crippen LogP contribution in [0.1, 0.15) is 12.8 Å². The number of likely N-dealkylation sites (tertiary alicyclic amines) is 1. The molecule has 1 heterocycles. The molecule has 1 unspecified atom stereocenters. The van der Waals surface area contributed by atoms with Gasteiger partial charge in [0.05, 0.1) is 0 Å². The molecule has 76 valence electrons. The first-order valence-corrected chi connectivity index (χ1v) is 4.42. The van der Waals surface area contributed by atoms with Gasteiger partial charge in [0.25, 0.3) is 0 Å². The SMILES string of the molecule is O=C(CCl)N1CCCC1C(F)(F)F. The van der Waals surface area contributed by atoms with Gasteiger partial charge in [0.2, 0.25) is 5.91 Å². The van der Waals surface area contributed by atoms with Crippen LogP contribution in [0, 0.1) is 0 Å². The molecule has 0 N–H and O–H groups in total. The summed E-state index contributed by atoms with van der Waals surface area (Å²) in [6.45, 7) is 0.162. The van der Waals surface area contributed by atoms with Crippen LogP contribution in [-0.4, -0.2) is 35.4 Å². The van der Waals surface area contributed by atoms with Crippen LogP contribution in [0.2, 0.25) is 0 Å². The minimum atomic E-state index is -4.32. The molecule has 0 aromatic heterocycles. The molecule has 0 aliphatic carbocycles. The summed E-state index contributed by atoms with van der Waals surface area (Å²) in [5, 5.41) is 0. The van der Waals surface area contributed by atoms with E-state index in [1.54, 1.807) is 0 Å². The van der Waals surface area contributed by atoms with Gasteiger partial charge in [0.1, 0.15) is 11.9 Å². The fourth-order valence-electron chi connectivity index (χ4n) is 1.48. The molecule has 0 radical (unpaired) electrons. The molecule has 1 saturated heterocycles. The second kappa shape index (κ2) is 3.74. The number of amides is 1. The quantitative estimate of drug-likeness (QED) is 0.611. The van der Waals surface area contributed by atoms with Gasteiger partial charge >= 0.3 is 6.18 Å². The summed E-state index contributed by atoms with van der Waals surface area (Å²) >= 11 is 5.19. The van der Waals surface area contributed by atoms with Crippen LogP contribution in [0.3, 0.4) is 0 Å². The van der Waals surface area contributed by atoms with E-state index in [0.717, 1.165) is 4.90 Å². The fraction of sp³-hybridized carbons (Fsp3) is 0.857. The van der Waals surface area contributed by atoms with E-state index in [4.69, 9.17) is 11.6 Å². The van der Waals surface area contributed by atoms with Crippen LogP contribution in [0.5, 0.6) is 0 Å². The molecule has 0 aromatic carbocycles. The first kappa shape index (κ1) is 10.6. The van der Waals surface area contributed by atoms with Crippen molar-refractivity contribution in [2.45, 2.75) is 25.1 Å². The Hall–Kier alpha value is -0.450. The predicted molar refractivity (Wildman–Crippen MR) is 41.5 cm³/mol. The van der Waals surface area contributed by atoms with E-state index in [2.05, 4.69) is 0 Å². The van der Waals surface area contributed by atoms with Gasteiger partial charge in [-0.1, -0.05) is 0 Å². The standard InChI is InChI=1S/C7H9ClF3NO/c8-4-6(13)12-3-1-2-5(12)7(9,10)11/h5H,1-4H2. The lowest BCUT2D eigenvalue weighted by molar-refractivity contribution is -0.181. The van der Waals surface area contributed by atoms with Gasteiger partial charge in [-0.3, -0.25) is 4.79 Å². The van der Waals surface area contributed by atoms with Gasteiger partial charge in [0.15, 0.2) is 0 Å². The second-order valence-corrected chi connectivity index (χ2v) is 3.19. The lowest BCUT2D eigenvalue weighted by Gasteiger charge is -2.25. The molecule has 1 aliphatic heterocycles. The lowest BCUT2D eigenvalue weighted by atomic mass is 10.2. The Morgan fingerprint density at radius 3 is 2.62 bits per heavy atom. The van der Waals surface area contributed by atoms with E-state index in [1.165, 1.54) is 0 Å². The average molecular weight is 216 g/mol. The maximum absolute atomic E-state index is 12.3. The zero-order valence-electron chi connectivity index (χ0n) is 6.77. The van der Waals surface area contributed by atoms with Crippen LogP contribution in [0.15, 0.2) is 0 Å². The Balaban J connectivity index is 2.70. The highest BCUT2D eigenvalue weighted by atomic mass is 35.5. The van der Waals surface area contributed by atoms with E-state index in [-0.39, 0.29) is 18.8 Å². The van der Waals surface area contributed by atoms with Crippen molar-refractivity contribution < 1.29 is 18.0 Å². The number of hydrogen-bond donors (Lipinski definition) is 0. The van der Waals surface area contributed by atoms with E-state index in [0.29, 0.717) is 6.42 Å². The monoisotopic (exact) mass is 215 g/mol. The lowest BCUT2D eigenvalue weighted by Crippen LogP contribution is -2.45. The Labute approximate surface area is 78.6 Å². The highest BCUT2D eigenvalue weighted by Gasteiger charge is 2.47. The fourth-order valence-corrected chi connectivity index (χ4v) is 1.64. The highest BCUT2D eigenvalue weighted by Crippen LogP contribution is 2.32. The molecule has 0 saturated carbocycles. The number of halogens is 4. The number of hydrogen-bond acceptors (Lipinski definition) is 1. The van der Waals surface area contributed by atoms with Gasteiger partial charge in [-0.15, -0.1) is 11.6 Å². The minimum Gasteiger partial charge on any atom is -0.330 e. The first-order chi connectivity index (χ1) is 5.96. The zero-order chi connectivity index (χ0) is 10.1. The van der Waals surface area contributed by atoms with E-state index in [9.17, 15) is 18.0 Å². The Bertz CT molecular complexity index is 206. The normalized spacial score (nSPS) is 23.7. The number of rotatable bonds is 1. The van der Waals surface area contributed by atoms with Crippen molar-refractivity contribution in [1.29, 1.82) is 0 Å². The maximum Gasteiger partial charge on any atom is 0.408 e. The number of alkyl halides is 4. The molecule has 1 aliphatic rings. The van der Waals surface area contributed by atoms with Crippen LogP contribution in [-0.2, 0) is 4.79 Å². The predicted octanol–water partition coefficient (Wildman–Crippen LogP) is 1.78. The summed E-state index contributed by atoms with van der Waals surface area (Å²) in [4.78, 5) is 11.8. The number of nitrogens with zero attached hydrogens (tertiary/aromatic N) is 1. The van der Waals surface area contributed by atoms with Crippen molar-refractivity contribution in [1.82, 2.24) is 4.90 Å². The first-order valence-electron chi connectivity index (χ1n) is 3.89. The second-order valence-electron chi connectivity index (χ2n) is 2.92. The van der Waals surface area contributed by atoms with Gasteiger partial charge in [-0.05, 0) is 12.8 Å². The van der Waals surface area contributed by atoms with Crippen molar-refractivity contribution in [3.63, 3.8) is 0 Å². The molecule has 0 bridgehead atoms. The summed E-state index contributed by atoms with van der Waals surface area (Å²) in [5.41, 5.74) is 0. The minimum absolute atomic E-state index is 0.00781. The van der Waals surface area contributed by atoms with Crippen LogP contribution >= 0.6 is 11.6 Å². The van der Waals surface area contributed by atoms with Crippen LogP contribution < -0.4 is 0 Å². The largest absolute Gasteiger partial charge is 0.408 e. The maximum atomic E-state index is 12.3. The molecule has 0 spiro atoms. The van der Waals surface area contributed by atoms with E-state index in [1.807, 2.05) is 0 Å². The van der Waals surface area contributed by atoms with Crippen molar-refractivity contribution >= 4 is 17.5 Å². The van der Waals surface area contributed by atoms with Gasteiger partial charge < -0.3 is 4.90 Å². The molecule has 1 fully saturated rings. The van der Waals surface area contributed by atoms with Gasteiger partial charge in [-0.25, -0.2) is 0 Å². The molecule has 6 heteroatoms. The summed E-state index contributed by atoms with van der Waals surface area (Å²) in [5.74, 6) is -1.02. The summed E-state index contributed by atoms with van der Waals surface area (Å²) in [7, 11) is 0.